The third kappa shape index (κ3) is 3.53. The molecule has 0 atom stereocenters. The van der Waals surface area contributed by atoms with Crippen LogP contribution in [0.25, 0.3) is 22.4 Å². The average Bonchev–Trinajstić information content (AvgIpc) is 3.10. The zero-order valence-electron chi connectivity index (χ0n) is 15.3. The van der Waals surface area contributed by atoms with Crippen molar-refractivity contribution in [1.82, 2.24) is 10.2 Å². The summed E-state index contributed by atoms with van der Waals surface area (Å²) in [6, 6.07) is 13.4. The number of hydrogen-bond acceptors (Lipinski definition) is 6. The van der Waals surface area contributed by atoms with Crippen LogP contribution in [0.2, 0.25) is 0 Å². The van der Waals surface area contributed by atoms with Crippen LogP contribution < -0.4 is 5.63 Å². The summed E-state index contributed by atoms with van der Waals surface area (Å²) in [5, 5.41) is 9.68. The molecule has 0 fully saturated rings. The van der Waals surface area contributed by atoms with Crippen LogP contribution in [0.1, 0.15) is 22.3 Å². The van der Waals surface area contributed by atoms with E-state index in [2.05, 4.69) is 16.3 Å². The van der Waals surface area contributed by atoms with Gasteiger partial charge in [0.05, 0.1) is 0 Å². The monoisotopic (exact) mass is 378 g/mol. The van der Waals surface area contributed by atoms with Crippen LogP contribution in [0.3, 0.4) is 0 Å². The summed E-state index contributed by atoms with van der Waals surface area (Å²) in [6.07, 6.45) is 0. The van der Waals surface area contributed by atoms with Gasteiger partial charge in [-0.2, -0.15) is 0 Å². The van der Waals surface area contributed by atoms with Crippen LogP contribution in [-0.2, 0) is 5.75 Å². The maximum absolute atomic E-state index is 11.9. The van der Waals surface area contributed by atoms with E-state index in [0.717, 1.165) is 33.2 Å². The van der Waals surface area contributed by atoms with Crippen LogP contribution in [0.4, 0.5) is 0 Å². The molecule has 136 valence electrons. The topological polar surface area (TPSA) is 69.1 Å². The van der Waals surface area contributed by atoms with Gasteiger partial charge in [-0.1, -0.05) is 30.0 Å². The fraction of sp³-hybridized carbons (Fsp3) is 0.190. The number of aryl methyl sites for hydroxylation is 3. The molecule has 0 bridgehead atoms. The SMILES string of the molecule is Cc1cc2oc(=O)cc(CSc3nnc(-c4ccccc4C)o3)c2cc1C. The number of nitrogens with zero attached hydrogens (tertiary/aromatic N) is 2. The molecule has 0 spiro atoms. The third-order valence-corrected chi connectivity index (χ3v) is 5.44. The summed E-state index contributed by atoms with van der Waals surface area (Å²) < 4.78 is 11.1. The van der Waals surface area contributed by atoms with Crippen molar-refractivity contribution in [3.05, 3.63) is 75.1 Å². The lowest BCUT2D eigenvalue weighted by molar-refractivity contribution is 0.465. The molecule has 0 radical (unpaired) electrons. The molecule has 2 heterocycles. The number of rotatable bonds is 4. The van der Waals surface area contributed by atoms with E-state index in [4.69, 9.17) is 8.83 Å². The highest BCUT2D eigenvalue weighted by Crippen LogP contribution is 2.30. The summed E-state index contributed by atoms with van der Waals surface area (Å²) in [6.45, 7) is 6.05. The molecule has 0 amide bonds. The molecule has 0 unspecified atom stereocenters. The normalized spacial score (nSPS) is 11.2. The molecule has 0 aliphatic heterocycles. The first-order valence-electron chi connectivity index (χ1n) is 8.57. The predicted molar refractivity (Wildman–Crippen MR) is 106 cm³/mol. The van der Waals surface area contributed by atoms with E-state index >= 15 is 0 Å². The van der Waals surface area contributed by atoms with Crippen molar-refractivity contribution in [1.29, 1.82) is 0 Å². The fourth-order valence-corrected chi connectivity index (χ4v) is 3.69. The maximum atomic E-state index is 11.9. The smallest absolute Gasteiger partial charge is 0.336 e. The van der Waals surface area contributed by atoms with Crippen molar-refractivity contribution in [2.24, 2.45) is 0 Å². The zero-order valence-corrected chi connectivity index (χ0v) is 16.1. The summed E-state index contributed by atoms with van der Waals surface area (Å²) in [5.74, 6) is 1.04. The Balaban J connectivity index is 1.62. The van der Waals surface area contributed by atoms with Gasteiger partial charge in [0.2, 0.25) is 5.89 Å². The molecule has 0 N–H and O–H groups in total. The van der Waals surface area contributed by atoms with Gasteiger partial charge in [-0.3, -0.25) is 0 Å². The Morgan fingerprint density at radius 3 is 2.52 bits per heavy atom. The first-order chi connectivity index (χ1) is 13.0. The van der Waals surface area contributed by atoms with Gasteiger partial charge >= 0.3 is 5.63 Å². The summed E-state index contributed by atoms with van der Waals surface area (Å²) in [4.78, 5) is 11.9. The van der Waals surface area contributed by atoms with Gasteiger partial charge in [0, 0.05) is 22.8 Å². The highest BCUT2D eigenvalue weighted by atomic mass is 32.2. The predicted octanol–water partition coefficient (Wildman–Crippen LogP) is 5.06. The molecule has 27 heavy (non-hydrogen) atoms. The van der Waals surface area contributed by atoms with Gasteiger partial charge in [0.25, 0.3) is 5.22 Å². The van der Waals surface area contributed by atoms with Crippen molar-refractivity contribution in [2.45, 2.75) is 31.7 Å². The highest BCUT2D eigenvalue weighted by molar-refractivity contribution is 7.98. The summed E-state index contributed by atoms with van der Waals surface area (Å²) in [7, 11) is 0. The maximum Gasteiger partial charge on any atom is 0.336 e. The molecule has 6 heteroatoms. The summed E-state index contributed by atoms with van der Waals surface area (Å²) >= 11 is 1.41. The Kier molecular flexibility index (Phi) is 4.58. The lowest BCUT2D eigenvalue weighted by atomic mass is 10.0. The zero-order chi connectivity index (χ0) is 19.0. The molecular formula is C21H18N2O3S. The van der Waals surface area contributed by atoms with E-state index in [1.807, 2.05) is 51.1 Å². The van der Waals surface area contributed by atoms with Crippen LogP contribution in [0.15, 0.2) is 61.3 Å². The minimum atomic E-state index is -0.354. The minimum Gasteiger partial charge on any atom is -0.423 e. The molecule has 2 aromatic carbocycles. The molecule has 0 aliphatic carbocycles. The number of hydrogen-bond donors (Lipinski definition) is 0. The molecule has 0 saturated heterocycles. The van der Waals surface area contributed by atoms with E-state index in [0.29, 0.717) is 22.4 Å². The molecule has 5 nitrogen and oxygen atoms in total. The van der Waals surface area contributed by atoms with Gasteiger partial charge in [-0.15, -0.1) is 10.2 Å². The Labute approximate surface area is 160 Å². The molecule has 0 aliphatic rings. The Morgan fingerprint density at radius 1 is 0.926 bits per heavy atom. The molecule has 0 saturated carbocycles. The van der Waals surface area contributed by atoms with E-state index in [1.165, 1.54) is 17.8 Å². The Hall–Kier alpha value is -2.86. The van der Waals surface area contributed by atoms with E-state index < -0.39 is 0 Å². The fourth-order valence-electron chi connectivity index (χ4n) is 2.93. The van der Waals surface area contributed by atoms with Crippen LogP contribution >= 0.6 is 11.8 Å². The quantitative estimate of drug-likeness (QED) is 0.365. The molecular weight excluding hydrogens is 360 g/mol. The highest BCUT2D eigenvalue weighted by Gasteiger charge is 2.13. The molecule has 4 rings (SSSR count). The number of thioether (sulfide) groups is 1. The van der Waals surface area contributed by atoms with E-state index in [-0.39, 0.29) is 5.63 Å². The minimum absolute atomic E-state index is 0.354. The van der Waals surface area contributed by atoms with Crippen molar-refractivity contribution < 1.29 is 8.83 Å². The van der Waals surface area contributed by atoms with Crippen molar-refractivity contribution >= 4 is 22.7 Å². The second-order valence-electron chi connectivity index (χ2n) is 6.50. The van der Waals surface area contributed by atoms with Gasteiger partial charge < -0.3 is 8.83 Å². The van der Waals surface area contributed by atoms with Crippen LogP contribution in [0, 0.1) is 20.8 Å². The average molecular weight is 378 g/mol. The third-order valence-electron chi connectivity index (χ3n) is 4.58. The first kappa shape index (κ1) is 17.5. The van der Waals surface area contributed by atoms with Gasteiger partial charge in [-0.25, -0.2) is 4.79 Å². The second-order valence-corrected chi connectivity index (χ2v) is 7.43. The Morgan fingerprint density at radius 2 is 1.70 bits per heavy atom. The van der Waals surface area contributed by atoms with Gasteiger partial charge in [-0.05, 0) is 61.2 Å². The second kappa shape index (κ2) is 7.04. The standard InChI is InChI=1S/C21H18N2O3S/c1-12-6-4-5-7-16(12)20-22-23-21(26-20)27-11-15-10-19(24)25-18-9-14(3)13(2)8-17(15)18/h4-10H,11H2,1-3H3. The Bertz CT molecular complexity index is 1190. The van der Waals surface area contributed by atoms with Crippen molar-refractivity contribution in [2.75, 3.05) is 0 Å². The molecule has 4 aromatic rings. The first-order valence-corrected chi connectivity index (χ1v) is 9.56. The van der Waals surface area contributed by atoms with Crippen molar-refractivity contribution in [3.8, 4) is 11.5 Å². The lowest BCUT2D eigenvalue weighted by Crippen LogP contribution is -2.00. The van der Waals surface area contributed by atoms with Crippen LogP contribution in [0.5, 0.6) is 0 Å². The van der Waals surface area contributed by atoms with E-state index in [1.54, 1.807) is 0 Å². The summed E-state index contributed by atoms with van der Waals surface area (Å²) in [5.41, 5.74) is 5.39. The van der Waals surface area contributed by atoms with Gasteiger partial charge in [0.1, 0.15) is 5.58 Å². The largest absolute Gasteiger partial charge is 0.423 e. The van der Waals surface area contributed by atoms with Gasteiger partial charge in [0.15, 0.2) is 0 Å². The lowest BCUT2D eigenvalue weighted by Gasteiger charge is -2.07. The van der Waals surface area contributed by atoms with Crippen LogP contribution in [-0.4, -0.2) is 10.2 Å². The number of aromatic nitrogens is 2. The van der Waals surface area contributed by atoms with Crippen molar-refractivity contribution in [3.63, 3.8) is 0 Å². The van der Waals surface area contributed by atoms with E-state index in [9.17, 15) is 4.79 Å². The number of benzene rings is 2. The molecule has 2 aromatic heterocycles. The number of fused-ring (bicyclic) bond motifs is 1.